The largest absolute Gasteiger partial charge is 0.391 e. The van der Waals surface area contributed by atoms with Crippen LogP contribution in [0.5, 0.6) is 0 Å². The molecule has 0 aliphatic carbocycles. The minimum atomic E-state index is -0.831. The number of halogens is 1. The lowest BCUT2D eigenvalue weighted by atomic mass is 9.99. The average molecular weight is 1030 g/mol. The van der Waals surface area contributed by atoms with E-state index >= 15 is 0 Å². The molecule has 3 aliphatic heterocycles. The molecule has 2 aromatic carbocycles. The molecule has 0 saturated carbocycles. The second-order valence-corrected chi connectivity index (χ2v) is 21.8. The van der Waals surface area contributed by atoms with Crippen molar-refractivity contribution in [1.82, 2.24) is 49.6 Å². The minimum Gasteiger partial charge on any atom is -0.391 e. The Morgan fingerprint density at radius 3 is 2.26 bits per heavy atom. The number of hydrogen-bond donors (Lipinski definition) is 2. The second kappa shape index (κ2) is 20.1. The summed E-state index contributed by atoms with van der Waals surface area (Å²) in [6, 6.07) is 17.3. The van der Waals surface area contributed by atoms with Crippen LogP contribution in [0.2, 0.25) is 5.02 Å². The highest BCUT2D eigenvalue weighted by Crippen LogP contribution is 2.40. The molecule has 16 nitrogen and oxygen atoms in total. The topological polar surface area (TPSA) is 180 Å². The maximum absolute atomic E-state index is 14.4. The van der Waals surface area contributed by atoms with Gasteiger partial charge in [0.05, 0.1) is 46.6 Å². The van der Waals surface area contributed by atoms with E-state index in [4.69, 9.17) is 21.6 Å². The van der Waals surface area contributed by atoms with E-state index in [1.807, 2.05) is 112 Å². The number of aliphatic hydroxyl groups excluding tert-OH is 1. The molecule has 8 heterocycles. The van der Waals surface area contributed by atoms with Crippen molar-refractivity contribution in [2.24, 2.45) is 10.9 Å². The molecule has 3 amide bonds. The van der Waals surface area contributed by atoms with E-state index in [0.717, 1.165) is 71.9 Å². The molecule has 0 bridgehead atoms. The van der Waals surface area contributed by atoms with Gasteiger partial charge in [0.15, 0.2) is 5.82 Å². The predicted octanol–water partition coefficient (Wildman–Crippen LogP) is 8.27. The molecule has 2 N–H and O–H groups in total. The van der Waals surface area contributed by atoms with Crippen molar-refractivity contribution in [1.29, 1.82) is 0 Å². The van der Waals surface area contributed by atoms with Crippen LogP contribution in [-0.4, -0.2) is 118 Å². The number of thiazole rings is 1. The lowest BCUT2D eigenvalue weighted by Crippen LogP contribution is -2.49. The summed E-state index contributed by atoms with van der Waals surface area (Å²) in [7, 11) is 0. The number of aliphatic hydroxyl groups is 1. The molecule has 5 atom stereocenters. The average Bonchev–Trinajstić information content (AvgIpc) is 4.22. The van der Waals surface area contributed by atoms with Gasteiger partial charge >= 0.3 is 0 Å². The Kier molecular flexibility index (Phi) is 13.7. The smallest absolute Gasteiger partial charge is 0.248 e. The van der Waals surface area contributed by atoms with Gasteiger partial charge in [-0.1, -0.05) is 61.8 Å². The zero-order chi connectivity index (χ0) is 50.5. The van der Waals surface area contributed by atoms with E-state index in [2.05, 4.69) is 48.9 Å². The third kappa shape index (κ3) is 9.48. The number of nitrogens with zero attached hydrogens (tertiary/aromatic N) is 11. The van der Waals surface area contributed by atoms with E-state index in [9.17, 15) is 19.5 Å². The Morgan fingerprint density at radius 2 is 1.58 bits per heavy atom. The molecular formula is C53H57ClN12O4S2. The molecule has 0 spiro atoms. The molecule has 10 rings (SSSR count). The summed E-state index contributed by atoms with van der Waals surface area (Å²) < 4.78 is 3.73. The number of carbonyl (C=O) groups is 3. The monoisotopic (exact) mass is 1020 g/mol. The van der Waals surface area contributed by atoms with Gasteiger partial charge in [0.2, 0.25) is 17.7 Å². The zero-order valence-corrected chi connectivity index (χ0v) is 43.7. The molecule has 72 heavy (non-hydrogen) atoms. The molecule has 7 aromatic rings. The number of piperazine rings is 1. The van der Waals surface area contributed by atoms with Gasteiger partial charge < -0.3 is 25.1 Å². The SMILES string of the molecule is Cc1ncsc1-c1ccc([C@H](C)NC(=O)[C@@H]2C[C@@H](O)CN2C(=O)[C@@H](C(C)C)n2cc(-c3ccc(N4CCN(C(=O)CC5N=C(c6ccc(Cl)cc6)c6c(sc(C)c6C)-n6c(C)nnc65)CC4)nc3)cn2)cc1. The normalized spacial score (nSPS) is 18.7. The predicted molar refractivity (Wildman–Crippen MR) is 281 cm³/mol. The van der Waals surface area contributed by atoms with Crippen LogP contribution in [0.3, 0.4) is 0 Å². The Labute approximate surface area is 431 Å². The van der Waals surface area contributed by atoms with Crippen molar-refractivity contribution < 1.29 is 19.5 Å². The lowest BCUT2D eigenvalue weighted by molar-refractivity contribution is -0.142. The Morgan fingerprint density at radius 1 is 0.861 bits per heavy atom. The summed E-state index contributed by atoms with van der Waals surface area (Å²) in [5.41, 5.74) is 10.3. The molecule has 0 radical (unpaired) electrons. The van der Waals surface area contributed by atoms with E-state index in [0.29, 0.717) is 37.0 Å². The number of aryl methyl sites for hydroxylation is 3. The van der Waals surface area contributed by atoms with E-state index in [1.54, 1.807) is 39.7 Å². The first-order chi connectivity index (χ1) is 34.6. The van der Waals surface area contributed by atoms with Crippen LogP contribution in [0.25, 0.3) is 26.6 Å². The number of carbonyl (C=O) groups excluding carboxylic acids is 3. The lowest BCUT2D eigenvalue weighted by Gasteiger charge is -2.35. The third-order valence-electron chi connectivity index (χ3n) is 14.2. The number of thiophene rings is 1. The summed E-state index contributed by atoms with van der Waals surface area (Å²) in [6.45, 7) is 16.3. The van der Waals surface area contributed by atoms with Gasteiger partial charge in [-0.25, -0.2) is 9.97 Å². The van der Waals surface area contributed by atoms with E-state index in [-0.39, 0.29) is 49.1 Å². The number of benzene rings is 2. The molecule has 2 saturated heterocycles. The van der Waals surface area contributed by atoms with Crippen molar-refractivity contribution in [3.8, 4) is 26.6 Å². The first-order valence-electron chi connectivity index (χ1n) is 24.3. The number of fused-ring (bicyclic) bond motifs is 3. The number of amides is 3. The highest BCUT2D eigenvalue weighted by molar-refractivity contribution is 7.15. The number of hydrogen-bond acceptors (Lipinski definition) is 13. The molecule has 19 heteroatoms. The molecule has 1 unspecified atom stereocenters. The van der Waals surface area contributed by atoms with Crippen LogP contribution in [0.4, 0.5) is 5.82 Å². The maximum Gasteiger partial charge on any atom is 0.248 e. The van der Waals surface area contributed by atoms with Crippen LogP contribution in [0.1, 0.15) is 96.2 Å². The number of aliphatic imine (C=N–C) groups is 1. The molecule has 372 valence electrons. The minimum absolute atomic E-state index is 0.00253. The summed E-state index contributed by atoms with van der Waals surface area (Å²) in [4.78, 5) is 64.8. The summed E-state index contributed by atoms with van der Waals surface area (Å²) >= 11 is 9.58. The van der Waals surface area contributed by atoms with Crippen molar-refractivity contribution in [2.45, 2.75) is 91.6 Å². The van der Waals surface area contributed by atoms with Gasteiger partial charge in [-0.3, -0.25) is 28.6 Å². The van der Waals surface area contributed by atoms with Gasteiger partial charge in [-0.2, -0.15) is 5.10 Å². The van der Waals surface area contributed by atoms with Gasteiger partial charge in [0.25, 0.3) is 0 Å². The van der Waals surface area contributed by atoms with Gasteiger partial charge in [-0.15, -0.1) is 32.9 Å². The maximum atomic E-state index is 14.4. The number of pyridine rings is 1. The fourth-order valence-corrected chi connectivity index (χ4v) is 12.2. The molecule has 5 aromatic heterocycles. The van der Waals surface area contributed by atoms with Gasteiger partial charge in [0.1, 0.15) is 34.8 Å². The number of aromatic nitrogens is 7. The van der Waals surface area contributed by atoms with E-state index in [1.165, 1.54) is 9.78 Å². The van der Waals surface area contributed by atoms with Crippen LogP contribution < -0.4 is 10.2 Å². The fraction of sp³-hybridized carbons (Fsp3) is 0.377. The number of nitrogens with one attached hydrogen (secondary N) is 1. The highest BCUT2D eigenvalue weighted by atomic mass is 35.5. The van der Waals surface area contributed by atoms with Gasteiger partial charge in [-0.05, 0) is 81.5 Å². The Hall–Kier alpha value is -6.60. The van der Waals surface area contributed by atoms with Crippen molar-refractivity contribution in [3.63, 3.8) is 0 Å². The van der Waals surface area contributed by atoms with Crippen molar-refractivity contribution in [3.05, 3.63) is 134 Å². The Bertz CT molecular complexity index is 3170. The number of rotatable bonds is 12. The number of β-amino-alcohol motifs (C(OH)–C–C–N with tert-alkyl or cyclic N) is 1. The Balaban J connectivity index is 0.777. The van der Waals surface area contributed by atoms with Crippen LogP contribution in [0.15, 0.2) is 89.8 Å². The summed E-state index contributed by atoms with van der Waals surface area (Å²) in [6.07, 6.45) is 4.83. The number of likely N-dealkylation sites (tertiary alicyclic amines) is 1. The standard InChI is InChI=1S/C53H57ClN12O4S2/c1-29(2)48(52(70)64-27-41(67)22-43(64)51(69)58-31(4)35-8-10-37(11-9-35)49-32(5)56-28-71-49)65-26-39(25-57-65)38-14-17-44(55-24-38)62-18-20-63(21-19-62)45(68)23-42-50-61-60-34(7)66(50)53-46(30(3)33(6)72-53)47(59-42)36-12-15-40(54)16-13-36/h8-17,24-26,28-29,31,41-43,48,67H,18-23,27H2,1-7H3,(H,58,69)/t31-,41+,42?,43-,48+/m0/s1. The molecule has 2 fully saturated rings. The number of anilines is 1. The van der Waals surface area contributed by atoms with Crippen molar-refractivity contribution in [2.75, 3.05) is 37.6 Å². The van der Waals surface area contributed by atoms with Gasteiger partial charge in [0, 0.05) is 83.7 Å². The zero-order valence-electron chi connectivity index (χ0n) is 41.3. The first-order valence-corrected chi connectivity index (χ1v) is 26.4. The summed E-state index contributed by atoms with van der Waals surface area (Å²) in [5, 5.41) is 29.2. The summed E-state index contributed by atoms with van der Waals surface area (Å²) in [5.74, 6) is 1.44. The quantitative estimate of drug-likeness (QED) is 0.121. The van der Waals surface area contributed by atoms with Crippen LogP contribution >= 0.6 is 34.3 Å². The molecule has 3 aliphatic rings. The van der Waals surface area contributed by atoms with Crippen LogP contribution in [0, 0.1) is 33.6 Å². The van der Waals surface area contributed by atoms with Crippen molar-refractivity contribution >= 4 is 63.5 Å². The first kappa shape index (κ1) is 49.0. The highest BCUT2D eigenvalue weighted by Gasteiger charge is 2.43. The van der Waals surface area contributed by atoms with Crippen LogP contribution in [-0.2, 0) is 14.4 Å². The molecular weight excluding hydrogens is 968 g/mol. The van der Waals surface area contributed by atoms with E-state index < -0.39 is 24.2 Å². The second-order valence-electron chi connectivity index (χ2n) is 19.3. The fourth-order valence-electron chi connectivity index (χ4n) is 10.1. The third-order valence-corrected chi connectivity index (χ3v) is 16.6.